The lowest BCUT2D eigenvalue weighted by molar-refractivity contribution is -0.144. The number of carbonyl (C=O) groups is 3. The number of nitrogens with zero attached hydrogens (tertiary/aromatic N) is 1. The van der Waals surface area contributed by atoms with Crippen LogP contribution in [0.3, 0.4) is 0 Å². The van der Waals surface area contributed by atoms with Crippen LogP contribution in [0, 0.1) is 11.8 Å². The van der Waals surface area contributed by atoms with Gasteiger partial charge in [-0.1, -0.05) is 182 Å². The molecule has 350 valence electrons. The predicted octanol–water partition coefficient (Wildman–Crippen LogP) is 16.0. The van der Waals surface area contributed by atoms with Gasteiger partial charge in [-0.2, -0.15) is 0 Å². The van der Waals surface area contributed by atoms with Crippen molar-refractivity contribution in [3.8, 4) is 0 Å². The summed E-state index contributed by atoms with van der Waals surface area (Å²) in [6.45, 7) is 11.3. The Kier molecular flexibility index (Phi) is 44.3. The van der Waals surface area contributed by atoms with E-state index in [1.165, 1.54) is 128 Å². The van der Waals surface area contributed by atoms with E-state index in [1.807, 2.05) is 0 Å². The van der Waals surface area contributed by atoms with E-state index in [1.54, 1.807) is 0 Å². The fourth-order valence-electron chi connectivity index (χ4n) is 8.46. The highest BCUT2D eigenvalue weighted by molar-refractivity contribution is 7.74. The van der Waals surface area contributed by atoms with E-state index in [0.717, 1.165) is 114 Å². The lowest BCUT2D eigenvalue weighted by Crippen LogP contribution is -2.14. The van der Waals surface area contributed by atoms with Crippen molar-refractivity contribution >= 4 is 25.4 Å². The summed E-state index contributed by atoms with van der Waals surface area (Å²) in [4.78, 5) is 40.1. The zero-order chi connectivity index (χ0) is 43.4. The van der Waals surface area contributed by atoms with Crippen molar-refractivity contribution in [3.05, 3.63) is 0 Å². The first-order valence-electron chi connectivity index (χ1n) is 26.0. The normalized spacial score (nSPS) is 11.8. The number of hydrogen-bond acceptors (Lipinski definition) is 6. The summed E-state index contributed by atoms with van der Waals surface area (Å²) in [7, 11) is 3.58. The molecule has 0 aromatic carbocycles. The average Bonchev–Trinajstić information content (AvgIpc) is 3.21. The first-order chi connectivity index (χ1) is 28.8. The van der Waals surface area contributed by atoms with Crippen molar-refractivity contribution in [1.29, 1.82) is 0 Å². The second-order valence-corrected chi connectivity index (χ2v) is 20.9. The molecule has 0 saturated carbocycles. The molecule has 0 heterocycles. The Morgan fingerprint density at radius 1 is 0.407 bits per heavy atom. The maximum Gasteiger partial charge on any atom is 0.305 e. The molecule has 0 aliphatic carbocycles. The summed E-state index contributed by atoms with van der Waals surface area (Å²) in [6, 6.07) is 0. The van der Waals surface area contributed by atoms with Gasteiger partial charge in [-0.3, -0.25) is 14.4 Å². The third-order valence-corrected chi connectivity index (χ3v) is 15.0. The highest BCUT2D eigenvalue weighted by Crippen LogP contribution is 2.41. The Morgan fingerprint density at radius 3 is 1.10 bits per heavy atom. The van der Waals surface area contributed by atoms with Crippen LogP contribution >= 0.6 is 7.92 Å². The fourth-order valence-corrected chi connectivity index (χ4v) is 10.9. The number of rotatable bonds is 47. The molecule has 7 heteroatoms. The van der Waals surface area contributed by atoms with Gasteiger partial charge in [-0.25, -0.2) is 0 Å². The third-order valence-electron chi connectivity index (χ3n) is 12.4. The molecule has 0 fully saturated rings. The van der Waals surface area contributed by atoms with E-state index in [-0.39, 0.29) is 11.9 Å². The van der Waals surface area contributed by atoms with Crippen LogP contribution in [0.4, 0.5) is 0 Å². The monoisotopic (exact) mass is 852 g/mol. The minimum atomic E-state index is -0.574. The Hall–Kier alpha value is -1.00. The molecular formula is C52H102NO5P. The molecule has 0 rings (SSSR count). The number of esters is 2. The SMILES string of the molecule is CCCCCC(CCCCC)CCCCOC(=O)CCCCCCCP(CCCCCCCC(=O)OCCCCC(CCCCC)CCCCC)C(=O)CCCN(C)C. The Morgan fingerprint density at radius 2 is 0.746 bits per heavy atom. The van der Waals surface area contributed by atoms with Crippen LogP contribution in [0.2, 0.25) is 0 Å². The van der Waals surface area contributed by atoms with Crippen molar-refractivity contribution in [3.63, 3.8) is 0 Å². The molecule has 59 heavy (non-hydrogen) atoms. The smallest absolute Gasteiger partial charge is 0.305 e. The van der Waals surface area contributed by atoms with Crippen LogP contribution in [-0.2, 0) is 23.9 Å². The number of carbonyl (C=O) groups excluding carboxylic acids is 3. The molecule has 6 nitrogen and oxygen atoms in total. The van der Waals surface area contributed by atoms with Crippen molar-refractivity contribution in [2.24, 2.45) is 11.8 Å². The zero-order valence-electron chi connectivity index (χ0n) is 40.6. The second-order valence-electron chi connectivity index (χ2n) is 18.5. The highest BCUT2D eigenvalue weighted by atomic mass is 31.1. The molecule has 0 amide bonds. The first kappa shape index (κ1) is 58.0. The van der Waals surface area contributed by atoms with Gasteiger partial charge in [0.15, 0.2) is 5.52 Å². The molecule has 0 bridgehead atoms. The van der Waals surface area contributed by atoms with Gasteiger partial charge < -0.3 is 14.4 Å². The van der Waals surface area contributed by atoms with Gasteiger partial charge >= 0.3 is 11.9 Å². The van der Waals surface area contributed by atoms with Crippen LogP contribution in [0.5, 0.6) is 0 Å². The lowest BCUT2D eigenvalue weighted by atomic mass is 9.90. The number of unbranched alkanes of at least 4 members (excludes halogenated alkanes) is 18. The van der Waals surface area contributed by atoms with Crippen molar-refractivity contribution < 1.29 is 23.9 Å². The lowest BCUT2D eigenvalue weighted by Gasteiger charge is -2.17. The maximum absolute atomic E-state index is 13.2. The van der Waals surface area contributed by atoms with Gasteiger partial charge in [0.2, 0.25) is 0 Å². The molecule has 0 spiro atoms. The van der Waals surface area contributed by atoms with Crippen LogP contribution < -0.4 is 0 Å². The molecular weight excluding hydrogens is 750 g/mol. The fraction of sp³-hybridized carbons (Fsp3) is 0.942. The molecule has 0 saturated heterocycles. The van der Waals surface area contributed by atoms with Crippen molar-refractivity contribution in [2.75, 3.05) is 46.2 Å². The van der Waals surface area contributed by atoms with Gasteiger partial charge in [0.1, 0.15) is 0 Å². The number of ether oxygens (including phenoxy) is 2. The maximum atomic E-state index is 13.2. The molecule has 0 radical (unpaired) electrons. The minimum absolute atomic E-state index is 0.0284. The van der Waals surface area contributed by atoms with Crippen LogP contribution in [0.25, 0.3) is 0 Å². The molecule has 0 aliphatic rings. The summed E-state index contributed by atoms with van der Waals surface area (Å²) in [6.07, 6.45) is 44.0. The van der Waals surface area contributed by atoms with Crippen LogP contribution in [0.1, 0.15) is 259 Å². The van der Waals surface area contributed by atoms with Crippen LogP contribution in [0.15, 0.2) is 0 Å². The third kappa shape index (κ3) is 40.8. The van der Waals surface area contributed by atoms with E-state index >= 15 is 0 Å². The Balaban J connectivity index is 4.20. The highest BCUT2D eigenvalue weighted by Gasteiger charge is 2.17. The molecule has 0 N–H and O–H groups in total. The summed E-state index contributed by atoms with van der Waals surface area (Å²) in [5.41, 5.74) is 0.513. The van der Waals surface area contributed by atoms with E-state index < -0.39 is 7.92 Å². The molecule has 0 aliphatic heterocycles. The van der Waals surface area contributed by atoms with Crippen LogP contribution in [-0.4, -0.2) is 68.5 Å². The average molecular weight is 852 g/mol. The molecule has 0 atom stereocenters. The summed E-state index contributed by atoms with van der Waals surface area (Å²) >= 11 is 0. The van der Waals surface area contributed by atoms with Gasteiger partial charge in [-0.15, -0.1) is 0 Å². The van der Waals surface area contributed by atoms with Gasteiger partial charge in [-0.05, 0) is 111 Å². The Labute approximate surface area is 369 Å². The zero-order valence-corrected chi connectivity index (χ0v) is 41.5. The summed E-state index contributed by atoms with van der Waals surface area (Å²) in [5.74, 6) is 1.65. The Bertz CT molecular complexity index is 849. The van der Waals surface area contributed by atoms with E-state index in [9.17, 15) is 14.4 Å². The predicted molar refractivity (Wildman–Crippen MR) is 258 cm³/mol. The van der Waals surface area contributed by atoms with Gasteiger partial charge in [0.25, 0.3) is 0 Å². The minimum Gasteiger partial charge on any atom is -0.466 e. The van der Waals surface area contributed by atoms with Crippen molar-refractivity contribution in [1.82, 2.24) is 4.90 Å². The van der Waals surface area contributed by atoms with E-state index in [2.05, 4.69) is 46.7 Å². The van der Waals surface area contributed by atoms with E-state index in [4.69, 9.17) is 9.47 Å². The number of hydrogen-bond donors (Lipinski definition) is 0. The molecule has 0 aromatic rings. The first-order valence-corrected chi connectivity index (χ1v) is 27.7. The quantitative estimate of drug-likeness (QED) is 0.0345. The largest absolute Gasteiger partial charge is 0.466 e. The molecule has 0 aromatic heterocycles. The van der Waals surface area contributed by atoms with Gasteiger partial charge in [0.05, 0.1) is 13.2 Å². The topological polar surface area (TPSA) is 72.9 Å². The van der Waals surface area contributed by atoms with Gasteiger partial charge in [0, 0.05) is 19.3 Å². The van der Waals surface area contributed by atoms with E-state index in [0.29, 0.717) is 38.0 Å². The standard InChI is InChI=1S/C52H102NO5P/c1-7-11-21-34-48(35-22-12-8-2)38-27-29-44-57-50(54)40-25-17-15-19-31-46-59(52(56)42-33-43-53(5)6)47-32-20-16-18-26-41-51(55)58-45-30-28-39-49(36-23-13-9-3)37-24-14-10-4/h48-49H,7-47H2,1-6H3. The summed E-state index contributed by atoms with van der Waals surface area (Å²) in [5, 5.41) is 0. The van der Waals surface area contributed by atoms with Crippen molar-refractivity contribution in [2.45, 2.75) is 259 Å². The second kappa shape index (κ2) is 45.0. The molecule has 0 unspecified atom stereocenters. The summed E-state index contributed by atoms with van der Waals surface area (Å²) < 4.78 is 11.2.